The summed E-state index contributed by atoms with van der Waals surface area (Å²) in [6, 6.07) is 3.45. The van der Waals surface area contributed by atoms with Crippen LogP contribution in [0.3, 0.4) is 0 Å². The Hall–Kier alpha value is -0.110. The van der Waals surface area contributed by atoms with E-state index in [0.717, 1.165) is 12.1 Å². The average molecular weight is 362 g/mol. The summed E-state index contributed by atoms with van der Waals surface area (Å²) >= 11 is 3.06. The van der Waals surface area contributed by atoms with Gasteiger partial charge in [0, 0.05) is 5.25 Å². The SMILES string of the molecule is CC(C)SOc1ccc(C(F)(F)F)cc1I. The summed E-state index contributed by atoms with van der Waals surface area (Å²) < 4.78 is 42.9. The van der Waals surface area contributed by atoms with Gasteiger partial charge in [0.25, 0.3) is 0 Å². The summed E-state index contributed by atoms with van der Waals surface area (Å²) in [5.74, 6) is 0.465. The van der Waals surface area contributed by atoms with Gasteiger partial charge in [0.05, 0.1) is 21.2 Å². The van der Waals surface area contributed by atoms with E-state index in [1.54, 1.807) is 0 Å². The van der Waals surface area contributed by atoms with Crippen LogP contribution in [0, 0.1) is 3.57 Å². The Morgan fingerprint density at radius 1 is 1.31 bits per heavy atom. The molecule has 0 unspecified atom stereocenters. The van der Waals surface area contributed by atoms with Crippen molar-refractivity contribution in [3.63, 3.8) is 0 Å². The molecule has 0 fully saturated rings. The third-order valence-electron chi connectivity index (χ3n) is 1.59. The van der Waals surface area contributed by atoms with E-state index < -0.39 is 11.7 Å². The zero-order chi connectivity index (χ0) is 12.3. The lowest BCUT2D eigenvalue weighted by molar-refractivity contribution is -0.137. The summed E-state index contributed by atoms with van der Waals surface area (Å²) in [5, 5.41) is 0.262. The molecule has 0 aromatic heterocycles. The van der Waals surface area contributed by atoms with Crippen molar-refractivity contribution in [2.24, 2.45) is 0 Å². The van der Waals surface area contributed by atoms with Crippen LogP contribution in [0.4, 0.5) is 13.2 Å². The Bertz CT molecular complexity index is 366. The molecule has 16 heavy (non-hydrogen) atoms. The van der Waals surface area contributed by atoms with Crippen LogP contribution in [0.2, 0.25) is 0 Å². The molecule has 0 heterocycles. The standard InChI is InChI=1S/C10H10F3IOS/c1-6(2)16-15-9-4-3-7(5-8(9)14)10(11,12)13/h3-6H,1-2H3. The zero-order valence-electron chi connectivity index (χ0n) is 8.64. The van der Waals surface area contributed by atoms with Crippen molar-refractivity contribution in [2.75, 3.05) is 0 Å². The molecule has 1 aromatic carbocycles. The molecule has 0 spiro atoms. The second-order valence-corrected chi connectivity index (χ2v) is 5.84. The summed E-state index contributed by atoms with van der Waals surface area (Å²) in [5.41, 5.74) is -0.654. The number of hydrogen-bond donors (Lipinski definition) is 0. The van der Waals surface area contributed by atoms with Crippen molar-refractivity contribution in [3.05, 3.63) is 27.3 Å². The lowest BCUT2D eigenvalue weighted by Gasteiger charge is -2.11. The van der Waals surface area contributed by atoms with Crippen molar-refractivity contribution in [3.8, 4) is 5.75 Å². The van der Waals surface area contributed by atoms with Gasteiger partial charge >= 0.3 is 6.18 Å². The van der Waals surface area contributed by atoms with E-state index in [9.17, 15) is 13.2 Å². The average Bonchev–Trinajstić information content (AvgIpc) is 2.14. The molecule has 1 nitrogen and oxygen atoms in total. The molecule has 90 valence electrons. The van der Waals surface area contributed by atoms with Gasteiger partial charge in [-0.25, -0.2) is 0 Å². The highest BCUT2D eigenvalue weighted by molar-refractivity contribution is 14.1. The first-order chi connectivity index (χ1) is 7.30. The lowest BCUT2D eigenvalue weighted by Crippen LogP contribution is -2.05. The summed E-state index contributed by atoms with van der Waals surface area (Å²) in [7, 11) is 0. The summed E-state index contributed by atoms with van der Waals surface area (Å²) in [6.45, 7) is 3.89. The molecule has 0 bridgehead atoms. The number of halogens is 4. The first-order valence-corrected chi connectivity index (χ1v) is 6.39. The normalized spacial score (nSPS) is 11.9. The van der Waals surface area contributed by atoms with E-state index in [1.807, 2.05) is 36.4 Å². The van der Waals surface area contributed by atoms with Crippen LogP contribution in [-0.2, 0) is 6.18 Å². The molecule has 1 rings (SSSR count). The monoisotopic (exact) mass is 362 g/mol. The minimum Gasteiger partial charge on any atom is -0.424 e. The number of hydrogen-bond acceptors (Lipinski definition) is 2. The summed E-state index contributed by atoms with van der Waals surface area (Å²) in [4.78, 5) is 0. The molecule has 0 N–H and O–H groups in total. The molecule has 0 aliphatic heterocycles. The molecule has 1 aromatic rings. The van der Waals surface area contributed by atoms with Crippen molar-refractivity contribution < 1.29 is 17.4 Å². The van der Waals surface area contributed by atoms with Crippen LogP contribution < -0.4 is 4.18 Å². The van der Waals surface area contributed by atoms with Gasteiger partial charge in [-0.1, -0.05) is 13.8 Å². The topological polar surface area (TPSA) is 9.23 Å². The Balaban J connectivity index is 2.84. The molecule has 0 atom stereocenters. The Labute approximate surface area is 110 Å². The highest BCUT2D eigenvalue weighted by Gasteiger charge is 2.30. The second-order valence-electron chi connectivity index (χ2n) is 3.37. The van der Waals surface area contributed by atoms with Crippen LogP contribution in [0.15, 0.2) is 18.2 Å². The molecule has 0 radical (unpaired) electrons. The van der Waals surface area contributed by atoms with E-state index in [0.29, 0.717) is 9.32 Å². The van der Waals surface area contributed by atoms with E-state index in [1.165, 1.54) is 18.1 Å². The molecular formula is C10H10F3IOS. The fourth-order valence-corrected chi connectivity index (χ4v) is 2.11. The maximum atomic E-state index is 12.4. The molecule has 0 saturated carbocycles. The smallest absolute Gasteiger partial charge is 0.416 e. The molecule has 0 saturated heterocycles. The maximum Gasteiger partial charge on any atom is 0.416 e. The summed E-state index contributed by atoms with van der Waals surface area (Å²) in [6.07, 6.45) is -4.30. The van der Waals surface area contributed by atoms with E-state index in [-0.39, 0.29) is 5.25 Å². The van der Waals surface area contributed by atoms with E-state index in [4.69, 9.17) is 4.18 Å². The molecule has 0 aliphatic carbocycles. The van der Waals surface area contributed by atoms with Crippen LogP contribution in [0.1, 0.15) is 19.4 Å². The maximum absolute atomic E-state index is 12.4. The van der Waals surface area contributed by atoms with Gasteiger partial charge < -0.3 is 4.18 Å². The highest BCUT2D eigenvalue weighted by atomic mass is 127. The largest absolute Gasteiger partial charge is 0.424 e. The van der Waals surface area contributed by atoms with Gasteiger partial charge in [0.1, 0.15) is 0 Å². The van der Waals surface area contributed by atoms with Crippen molar-refractivity contribution in [1.29, 1.82) is 0 Å². The molecular weight excluding hydrogens is 352 g/mol. The highest BCUT2D eigenvalue weighted by Crippen LogP contribution is 2.34. The van der Waals surface area contributed by atoms with Gasteiger partial charge in [-0.3, -0.25) is 0 Å². The van der Waals surface area contributed by atoms with Gasteiger partial charge in [-0.15, -0.1) is 0 Å². The van der Waals surface area contributed by atoms with Crippen molar-refractivity contribution in [1.82, 2.24) is 0 Å². The zero-order valence-corrected chi connectivity index (χ0v) is 11.6. The van der Waals surface area contributed by atoms with Gasteiger partial charge in [0.2, 0.25) is 0 Å². The van der Waals surface area contributed by atoms with Crippen molar-refractivity contribution >= 4 is 34.6 Å². The van der Waals surface area contributed by atoms with Crippen LogP contribution in [0.25, 0.3) is 0 Å². The molecule has 0 aliphatic rings. The Morgan fingerprint density at radius 2 is 1.94 bits per heavy atom. The van der Waals surface area contributed by atoms with E-state index in [2.05, 4.69) is 0 Å². The van der Waals surface area contributed by atoms with Gasteiger partial charge in [0.15, 0.2) is 5.75 Å². The van der Waals surface area contributed by atoms with Crippen LogP contribution >= 0.6 is 34.6 Å². The number of rotatable bonds is 3. The lowest BCUT2D eigenvalue weighted by atomic mass is 10.2. The Morgan fingerprint density at radius 3 is 2.38 bits per heavy atom. The van der Waals surface area contributed by atoms with Gasteiger partial charge in [-0.2, -0.15) is 13.2 Å². The van der Waals surface area contributed by atoms with Crippen molar-refractivity contribution in [2.45, 2.75) is 25.3 Å². The number of benzene rings is 1. The third kappa shape index (κ3) is 4.04. The minimum atomic E-state index is -4.30. The Kier molecular flexibility index (Phi) is 4.78. The van der Waals surface area contributed by atoms with E-state index >= 15 is 0 Å². The van der Waals surface area contributed by atoms with Crippen LogP contribution in [-0.4, -0.2) is 5.25 Å². The predicted molar refractivity (Wildman–Crippen MR) is 67.5 cm³/mol. The van der Waals surface area contributed by atoms with Gasteiger partial charge in [-0.05, 0) is 40.8 Å². The minimum absolute atomic E-state index is 0.262. The fraction of sp³-hybridized carbons (Fsp3) is 0.400. The second kappa shape index (κ2) is 5.48. The molecule has 0 amide bonds. The number of alkyl halides is 3. The fourth-order valence-electron chi connectivity index (χ4n) is 0.893. The predicted octanol–water partition coefficient (Wildman–Crippen LogP) is 4.75. The quantitative estimate of drug-likeness (QED) is 0.567. The first kappa shape index (κ1) is 14.0. The molecule has 6 heteroatoms. The van der Waals surface area contributed by atoms with Crippen LogP contribution in [0.5, 0.6) is 5.75 Å². The first-order valence-electron chi connectivity index (χ1n) is 4.51. The third-order valence-corrected chi connectivity index (χ3v) is 3.09.